The predicted molar refractivity (Wildman–Crippen MR) is 64.5 cm³/mol. The number of nitrogens with one attached hydrogen (secondary N) is 1. The lowest BCUT2D eigenvalue weighted by molar-refractivity contribution is 0.322. The van der Waals surface area contributed by atoms with Gasteiger partial charge in [-0.15, -0.1) is 5.10 Å². The largest absolute Gasteiger partial charge is 0.396 e. The number of aromatic nitrogens is 3. The van der Waals surface area contributed by atoms with Crippen molar-refractivity contribution in [1.82, 2.24) is 15.2 Å². The molecule has 16 heavy (non-hydrogen) atoms. The normalized spacial score (nSPS) is 17.1. The summed E-state index contributed by atoms with van der Waals surface area (Å²) >= 11 is 1.50. The number of hydrogen-bond donors (Lipinski definition) is 2. The lowest BCUT2D eigenvalue weighted by atomic mass is 10.0. The number of aliphatic hydroxyl groups excluding tert-OH is 1. The van der Waals surface area contributed by atoms with Crippen LogP contribution < -0.4 is 0 Å². The standard InChI is InChI=1S/C11H19N3OS/c15-7-8-16-11-12-10(13-14-11)6-5-9-3-1-2-4-9/h9,15H,1-8H2,(H,12,13,14). The van der Waals surface area contributed by atoms with E-state index in [0.717, 1.165) is 23.3 Å². The average molecular weight is 241 g/mol. The molecule has 1 aliphatic rings. The third-order valence-corrected chi connectivity index (χ3v) is 3.93. The molecular formula is C11H19N3OS. The van der Waals surface area contributed by atoms with E-state index in [4.69, 9.17) is 5.11 Å². The summed E-state index contributed by atoms with van der Waals surface area (Å²) in [5, 5.41) is 16.5. The Labute approximate surface area is 100 Å². The summed E-state index contributed by atoms with van der Waals surface area (Å²) < 4.78 is 0. The fraction of sp³-hybridized carbons (Fsp3) is 0.818. The van der Waals surface area contributed by atoms with Crippen LogP contribution in [0.1, 0.15) is 37.9 Å². The molecule has 0 saturated heterocycles. The maximum Gasteiger partial charge on any atom is 0.208 e. The van der Waals surface area contributed by atoms with Crippen LogP contribution in [-0.4, -0.2) is 32.6 Å². The molecule has 1 aromatic heterocycles. The summed E-state index contributed by atoms with van der Waals surface area (Å²) in [4.78, 5) is 4.39. The Hall–Kier alpha value is -0.550. The summed E-state index contributed by atoms with van der Waals surface area (Å²) in [5.41, 5.74) is 0. The van der Waals surface area contributed by atoms with E-state index < -0.39 is 0 Å². The minimum Gasteiger partial charge on any atom is -0.396 e. The van der Waals surface area contributed by atoms with E-state index in [1.165, 1.54) is 43.9 Å². The minimum absolute atomic E-state index is 0.177. The Kier molecular flexibility index (Phi) is 4.66. The van der Waals surface area contributed by atoms with E-state index in [1.54, 1.807) is 0 Å². The molecule has 5 heteroatoms. The second-order valence-electron chi connectivity index (χ2n) is 4.33. The third kappa shape index (κ3) is 3.49. The van der Waals surface area contributed by atoms with Crippen LogP contribution in [0.4, 0.5) is 0 Å². The highest BCUT2D eigenvalue weighted by Gasteiger charge is 2.15. The molecule has 2 rings (SSSR count). The molecule has 0 unspecified atom stereocenters. The lowest BCUT2D eigenvalue weighted by Gasteiger charge is -2.05. The first-order chi connectivity index (χ1) is 7.88. The van der Waals surface area contributed by atoms with Crippen LogP contribution in [0.3, 0.4) is 0 Å². The molecule has 90 valence electrons. The molecular weight excluding hydrogens is 222 g/mol. The zero-order chi connectivity index (χ0) is 11.2. The Morgan fingerprint density at radius 2 is 2.19 bits per heavy atom. The van der Waals surface area contributed by atoms with Crippen LogP contribution in [0.25, 0.3) is 0 Å². The Bertz CT molecular complexity index is 310. The first-order valence-electron chi connectivity index (χ1n) is 6.03. The summed E-state index contributed by atoms with van der Waals surface area (Å²) in [6, 6.07) is 0. The highest BCUT2D eigenvalue weighted by molar-refractivity contribution is 7.99. The maximum absolute atomic E-state index is 8.69. The van der Waals surface area contributed by atoms with Gasteiger partial charge in [-0.1, -0.05) is 37.4 Å². The van der Waals surface area contributed by atoms with Gasteiger partial charge in [-0.2, -0.15) is 0 Å². The first-order valence-corrected chi connectivity index (χ1v) is 7.02. The molecule has 4 nitrogen and oxygen atoms in total. The van der Waals surface area contributed by atoms with Crippen LogP contribution in [-0.2, 0) is 6.42 Å². The number of aliphatic hydroxyl groups is 1. The monoisotopic (exact) mass is 241 g/mol. The van der Waals surface area contributed by atoms with Crippen LogP contribution in [0, 0.1) is 5.92 Å². The highest BCUT2D eigenvalue weighted by atomic mass is 32.2. The number of H-pyrrole nitrogens is 1. The summed E-state index contributed by atoms with van der Waals surface area (Å²) in [6.07, 6.45) is 7.83. The summed E-state index contributed by atoms with van der Waals surface area (Å²) in [6.45, 7) is 0.177. The van der Waals surface area contributed by atoms with Gasteiger partial charge in [0.05, 0.1) is 6.61 Å². The van der Waals surface area contributed by atoms with Gasteiger partial charge in [-0.05, 0) is 12.3 Å². The van der Waals surface area contributed by atoms with Gasteiger partial charge < -0.3 is 5.11 Å². The van der Waals surface area contributed by atoms with Gasteiger partial charge in [-0.3, -0.25) is 5.10 Å². The topological polar surface area (TPSA) is 61.8 Å². The van der Waals surface area contributed by atoms with Crippen LogP contribution >= 0.6 is 11.8 Å². The number of rotatable bonds is 6. The van der Waals surface area contributed by atoms with Crippen molar-refractivity contribution in [3.8, 4) is 0 Å². The first kappa shape index (κ1) is 11.9. The minimum atomic E-state index is 0.177. The average Bonchev–Trinajstić information content (AvgIpc) is 2.95. The molecule has 0 aromatic carbocycles. The molecule has 0 aliphatic heterocycles. The second kappa shape index (κ2) is 6.25. The van der Waals surface area contributed by atoms with Gasteiger partial charge in [0.2, 0.25) is 5.16 Å². The maximum atomic E-state index is 8.69. The van der Waals surface area contributed by atoms with E-state index >= 15 is 0 Å². The fourth-order valence-electron chi connectivity index (χ4n) is 2.23. The molecule has 0 radical (unpaired) electrons. The quantitative estimate of drug-likeness (QED) is 0.748. The molecule has 0 atom stereocenters. The van der Waals surface area contributed by atoms with Gasteiger partial charge >= 0.3 is 0 Å². The van der Waals surface area contributed by atoms with E-state index in [1.807, 2.05) is 0 Å². The molecule has 2 N–H and O–H groups in total. The predicted octanol–water partition coefficient (Wildman–Crippen LogP) is 2.01. The summed E-state index contributed by atoms with van der Waals surface area (Å²) in [7, 11) is 0. The van der Waals surface area contributed by atoms with Gasteiger partial charge in [0, 0.05) is 12.2 Å². The molecule has 1 saturated carbocycles. The fourth-order valence-corrected chi connectivity index (χ4v) is 2.79. The van der Waals surface area contributed by atoms with Crippen molar-refractivity contribution < 1.29 is 5.11 Å². The number of aromatic amines is 1. The van der Waals surface area contributed by atoms with E-state index in [0.29, 0.717) is 5.75 Å². The zero-order valence-corrected chi connectivity index (χ0v) is 10.3. The SMILES string of the molecule is OCCSc1n[nH]c(CCC2CCCC2)n1. The van der Waals surface area contributed by atoms with Crippen molar-refractivity contribution in [3.05, 3.63) is 5.82 Å². The van der Waals surface area contributed by atoms with Crippen molar-refractivity contribution in [3.63, 3.8) is 0 Å². The van der Waals surface area contributed by atoms with E-state index in [9.17, 15) is 0 Å². The Morgan fingerprint density at radius 1 is 1.38 bits per heavy atom. The molecule has 1 fully saturated rings. The van der Waals surface area contributed by atoms with Gasteiger partial charge in [0.25, 0.3) is 0 Å². The van der Waals surface area contributed by atoms with Crippen molar-refractivity contribution in [2.75, 3.05) is 12.4 Å². The van der Waals surface area contributed by atoms with E-state index in [-0.39, 0.29) is 6.61 Å². The van der Waals surface area contributed by atoms with Crippen molar-refractivity contribution in [2.24, 2.45) is 5.92 Å². The zero-order valence-electron chi connectivity index (χ0n) is 9.48. The molecule has 1 aliphatic carbocycles. The molecule has 1 aromatic rings. The third-order valence-electron chi connectivity index (χ3n) is 3.10. The Balaban J connectivity index is 1.73. The Morgan fingerprint density at radius 3 is 2.94 bits per heavy atom. The van der Waals surface area contributed by atoms with Crippen LogP contribution in [0.2, 0.25) is 0 Å². The van der Waals surface area contributed by atoms with Crippen LogP contribution in [0.15, 0.2) is 5.16 Å². The molecule has 0 amide bonds. The van der Waals surface area contributed by atoms with Crippen molar-refractivity contribution in [1.29, 1.82) is 0 Å². The van der Waals surface area contributed by atoms with Crippen molar-refractivity contribution >= 4 is 11.8 Å². The van der Waals surface area contributed by atoms with Gasteiger partial charge in [0.15, 0.2) is 0 Å². The second-order valence-corrected chi connectivity index (χ2v) is 5.39. The number of hydrogen-bond acceptors (Lipinski definition) is 4. The molecule has 1 heterocycles. The van der Waals surface area contributed by atoms with Crippen LogP contribution in [0.5, 0.6) is 0 Å². The van der Waals surface area contributed by atoms with Crippen molar-refractivity contribution in [2.45, 2.75) is 43.7 Å². The summed E-state index contributed by atoms with van der Waals surface area (Å²) in [5.74, 6) is 2.56. The number of aryl methyl sites for hydroxylation is 1. The van der Waals surface area contributed by atoms with Gasteiger partial charge in [0.1, 0.15) is 5.82 Å². The lowest BCUT2D eigenvalue weighted by Crippen LogP contribution is -1.97. The van der Waals surface area contributed by atoms with E-state index in [2.05, 4.69) is 15.2 Å². The molecule has 0 spiro atoms. The number of nitrogens with zero attached hydrogens (tertiary/aromatic N) is 2. The molecule has 0 bridgehead atoms. The van der Waals surface area contributed by atoms with Gasteiger partial charge in [-0.25, -0.2) is 4.98 Å². The number of thioether (sulfide) groups is 1. The highest BCUT2D eigenvalue weighted by Crippen LogP contribution is 2.28. The smallest absolute Gasteiger partial charge is 0.208 e.